The minimum atomic E-state index is -3.86. The summed E-state index contributed by atoms with van der Waals surface area (Å²) in [6, 6.07) is 16.9. The number of primary amides is 1. The summed E-state index contributed by atoms with van der Waals surface area (Å²) in [5.41, 5.74) is 8.88. The second-order valence-corrected chi connectivity index (χ2v) is 10.1. The molecule has 1 aliphatic rings. The molecule has 3 aromatic carbocycles. The van der Waals surface area contributed by atoms with Gasteiger partial charge in [0, 0.05) is 16.0 Å². The van der Waals surface area contributed by atoms with Crippen LogP contribution in [0.2, 0.25) is 0 Å². The largest absolute Gasteiger partial charge is 0.366 e. The number of rotatable bonds is 6. The monoisotopic (exact) mass is 513 g/mol. The minimum absolute atomic E-state index is 0.0380. The van der Waals surface area contributed by atoms with Gasteiger partial charge in [-0.15, -0.1) is 0 Å². The number of carbonyl (C=O) groups excluding carboxylic acids is 2. The van der Waals surface area contributed by atoms with E-state index in [9.17, 15) is 18.0 Å². The summed E-state index contributed by atoms with van der Waals surface area (Å²) in [5, 5.41) is 8.07. The fourth-order valence-electron chi connectivity index (χ4n) is 3.40. The van der Waals surface area contributed by atoms with E-state index in [1.165, 1.54) is 12.1 Å². The van der Waals surface area contributed by atoms with Gasteiger partial charge < -0.3 is 11.1 Å². The van der Waals surface area contributed by atoms with Gasteiger partial charge in [-0.3, -0.25) is 9.59 Å². The van der Waals surface area contributed by atoms with Gasteiger partial charge in [0.2, 0.25) is 15.9 Å². The van der Waals surface area contributed by atoms with Gasteiger partial charge in [0.15, 0.2) is 0 Å². The molecule has 0 heterocycles. The number of nitrogens with one attached hydrogen (secondary N) is 1. The molecule has 0 unspecified atom stereocenters. The fourth-order valence-corrected chi connectivity index (χ4v) is 4.18. The molecule has 164 valence electrons. The lowest BCUT2D eigenvalue weighted by Gasteiger charge is -2.17. The standard InChI is InChI=1S/C23H20BrN3O4S/c24-17-7-3-13(4-8-17)16-11-19(14-5-9-18(10-6-14)32(26,30)31)21(20(12-16)22(25)28)27-23(29)15-1-2-15/h3-12,15H,1-2H2,(H2,25,28)(H,27,29)(H2,26,30,31). The number of hydrogen-bond donors (Lipinski definition) is 3. The lowest BCUT2D eigenvalue weighted by molar-refractivity contribution is -0.117. The maximum absolute atomic E-state index is 12.5. The molecule has 1 fully saturated rings. The van der Waals surface area contributed by atoms with Crippen LogP contribution in [-0.2, 0) is 14.8 Å². The highest BCUT2D eigenvalue weighted by atomic mass is 79.9. The first kappa shape index (κ1) is 22.2. The van der Waals surface area contributed by atoms with Gasteiger partial charge >= 0.3 is 0 Å². The van der Waals surface area contributed by atoms with Crippen LogP contribution in [0.5, 0.6) is 0 Å². The molecule has 3 aromatic rings. The predicted octanol–water partition coefficient (Wildman–Crippen LogP) is 3.88. The number of amides is 2. The van der Waals surface area contributed by atoms with E-state index in [4.69, 9.17) is 10.9 Å². The molecular formula is C23H20BrN3O4S. The number of carbonyl (C=O) groups is 2. The molecule has 7 nitrogen and oxygen atoms in total. The molecule has 4 rings (SSSR count). The minimum Gasteiger partial charge on any atom is -0.366 e. The van der Waals surface area contributed by atoms with Gasteiger partial charge in [0.1, 0.15) is 0 Å². The lowest BCUT2D eigenvalue weighted by atomic mass is 9.93. The molecule has 0 aromatic heterocycles. The van der Waals surface area contributed by atoms with Crippen LogP contribution in [0.1, 0.15) is 23.2 Å². The first-order valence-electron chi connectivity index (χ1n) is 9.81. The number of primary sulfonamides is 1. The number of halogens is 1. The average molecular weight is 514 g/mol. The molecule has 0 saturated heterocycles. The highest BCUT2D eigenvalue weighted by Crippen LogP contribution is 2.38. The van der Waals surface area contributed by atoms with Gasteiger partial charge in [0.05, 0.1) is 16.1 Å². The molecule has 0 spiro atoms. The number of nitrogens with two attached hydrogens (primary N) is 2. The Morgan fingerprint density at radius 2 is 1.50 bits per heavy atom. The Morgan fingerprint density at radius 1 is 0.906 bits per heavy atom. The van der Waals surface area contributed by atoms with Crippen LogP contribution in [0.4, 0.5) is 5.69 Å². The van der Waals surface area contributed by atoms with Crippen molar-refractivity contribution in [2.45, 2.75) is 17.7 Å². The van der Waals surface area contributed by atoms with Crippen molar-refractivity contribution in [3.05, 3.63) is 70.7 Å². The third-order valence-electron chi connectivity index (χ3n) is 5.27. The van der Waals surface area contributed by atoms with E-state index in [0.717, 1.165) is 28.4 Å². The van der Waals surface area contributed by atoms with Crippen LogP contribution in [0.3, 0.4) is 0 Å². The van der Waals surface area contributed by atoms with Gasteiger partial charge in [0.25, 0.3) is 5.91 Å². The van der Waals surface area contributed by atoms with E-state index in [2.05, 4.69) is 21.2 Å². The van der Waals surface area contributed by atoms with Crippen molar-refractivity contribution < 1.29 is 18.0 Å². The van der Waals surface area contributed by atoms with E-state index in [1.807, 2.05) is 30.3 Å². The molecule has 0 atom stereocenters. The summed E-state index contributed by atoms with van der Waals surface area (Å²) in [6.07, 6.45) is 1.60. The summed E-state index contributed by atoms with van der Waals surface area (Å²) < 4.78 is 24.2. The first-order chi connectivity index (χ1) is 15.1. The summed E-state index contributed by atoms with van der Waals surface area (Å²) in [6.45, 7) is 0. The van der Waals surface area contributed by atoms with Gasteiger partial charge in [-0.25, -0.2) is 13.6 Å². The Morgan fingerprint density at radius 3 is 2.03 bits per heavy atom. The van der Waals surface area contributed by atoms with E-state index in [0.29, 0.717) is 16.8 Å². The predicted molar refractivity (Wildman–Crippen MR) is 126 cm³/mol. The molecule has 2 amide bonds. The number of benzene rings is 3. The lowest BCUT2D eigenvalue weighted by Crippen LogP contribution is -2.20. The molecule has 0 aliphatic heterocycles. The van der Waals surface area contributed by atoms with Crippen molar-refractivity contribution in [2.75, 3.05) is 5.32 Å². The third-order valence-corrected chi connectivity index (χ3v) is 6.73. The van der Waals surface area contributed by atoms with Gasteiger partial charge in [-0.05, 0) is 65.9 Å². The molecule has 1 aliphatic carbocycles. The van der Waals surface area contributed by atoms with Crippen molar-refractivity contribution in [3.63, 3.8) is 0 Å². The van der Waals surface area contributed by atoms with Crippen LogP contribution in [0, 0.1) is 5.92 Å². The zero-order chi connectivity index (χ0) is 23.0. The van der Waals surface area contributed by atoms with E-state index in [1.54, 1.807) is 18.2 Å². The molecular weight excluding hydrogens is 494 g/mol. The Kier molecular flexibility index (Phi) is 5.89. The SMILES string of the molecule is NC(=O)c1cc(-c2ccc(Br)cc2)cc(-c2ccc(S(N)(=O)=O)cc2)c1NC(=O)C1CC1. The summed E-state index contributed by atoms with van der Waals surface area (Å²) in [7, 11) is -3.86. The number of sulfonamides is 1. The highest BCUT2D eigenvalue weighted by Gasteiger charge is 2.31. The topological polar surface area (TPSA) is 132 Å². The summed E-state index contributed by atoms with van der Waals surface area (Å²) in [4.78, 5) is 24.9. The second-order valence-electron chi connectivity index (χ2n) is 7.65. The molecule has 32 heavy (non-hydrogen) atoms. The summed E-state index contributed by atoms with van der Waals surface area (Å²) in [5.74, 6) is -0.941. The van der Waals surface area contributed by atoms with Crippen LogP contribution >= 0.6 is 15.9 Å². The van der Waals surface area contributed by atoms with Crippen molar-refractivity contribution in [3.8, 4) is 22.3 Å². The van der Waals surface area contributed by atoms with E-state index >= 15 is 0 Å². The molecule has 9 heteroatoms. The fraction of sp³-hybridized carbons (Fsp3) is 0.130. The Labute approximate surface area is 194 Å². The van der Waals surface area contributed by atoms with Crippen molar-refractivity contribution in [1.82, 2.24) is 0 Å². The van der Waals surface area contributed by atoms with Gasteiger partial charge in [-0.1, -0.05) is 40.2 Å². The Balaban J connectivity index is 1.91. The van der Waals surface area contributed by atoms with Crippen molar-refractivity contribution in [2.24, 2.45) is 16.8 Å². The Hall–Kier alpha value is -3.01. The molecule has 0 bridgehead atoms. The zero-order valence-electron chi connectivity index (χ0n) is 16.8. The molecule has 1 saturated carbocycles. The quantitative estimate of drug-likeness (QED) is 0.461. The van der Waals surface area contributed by atoms with Gasteiger partial charge in [-0.2, -0.15) is 0 Å². The van der Waals surface area contributed by atoms with E-state index in [-0.39, 0.29) is 22.3 Å². The smallest absolute Gasteiger partial charge is 0.250 e. The van der Waals surface area contributed by atoms with Crippen LogP contribution in [0.15, 0.2) is 70.0 Å². The first-order valence-corrected chi connectivity index (χ1v) is 12.2. The summed E-state index contributed by atoms with van der Waals surface area (Å²) >= 11 is 3.41. The molecule has 5 N–H and O–H groups in total. The van der Waals surface area contributed by atoms with Crippen molar-refractivity contribution >= 4 is 43.5 Å². The third kappa shape index (κ3) is 4.74. The Bertz CT molecular complexity index is 1320. The van der Waals surface area contributed by atoms with Crippen LogP contribution < -0.4 is 16.2 Å². The average Bonchev–Trinajstić information content (AvgIpc) is 3.59. The zero-order valence-corrected chi connectivity index (χ0v) is 19.2. The number of anilines is 1. The van der Waals surface area contributed by atoms with Crippen LogP contribution in [0.25, 0.3) is 22.3 Å². The van der Waals surface area contributed by atoms with Crippen molar-refractivity contribution in [1.29, 1.82) is 0 Å². The normalized spacial score (nSPS) is 13.6. The van der Waals surface area contributed by atoms with E-state index < -0.39 is 15.9 Å². The maximum Gasteiger partial charge on any atom is 0.250 e. The molecule has 0 radical (unpaired) electrons. The second kappa shape index (κ2) is 8.50. The maximum atomic E-state index is 12.5. The highest BCUT2D eigenvalue weighted by molar-refractivity contribution is 9.10. The number of hydrogen-bond acceptors (Lipinski definition) is 4. The van der Waals surface area contributed by atoms with Crippen LogP contribution in [-0.4, -0.2) is 20.2 Å².